The first-order valence-corrected chi connectivity index (χ1v) is 9.77. The van der Waals surface area contributed by atoms with Crippen LogP contribution < -0.4 is 25.0 Å². The smallest absolute Gasteiger partial charge is 0.198 e. The molecule has 30 heavy (non-hydrogen) atoms. The van der Waals surface area contributed by atoms with Gasteiger partial charge in [-0.1, -0.05) is 12.1 Å². The van der Waals surface area contributed by atoms with Crippen LogP contribution in [0.25, 0.3) is 16.6 Å². The minimum atomic E-state index is -0.718. The third-order valence-electron chi connectivity index (χ3n) is 5.83. The lowest BCUT2D eigenvalue weighted by Crippen LogP contribution is -2.71. The van der Waals surface area contributed by atoms with Gasteiger partial charge in [-0.25, -0.2) is 4.98 Å². The molecule has 5 rings (SSSR count). The number of ketones is 1. The quantitative estimate of drug-likeness (QED) is 0.597. The van der Waals surface area contributed by atoms with Crippen LogP contribution in [0.1, 0.15) is 5.82 Å². The van der Waals surface area contributed by atoms with Gasteiger partial charge in [0.15, 0.2) is 5.78 Å². The molecule has 8 nitrogen and oxygen atoms in total. The zero-order chi connectivity index (χ0) is 20.9. The molecular formula is C22H23N5O3. The first-order chi connectivity index (χ1) is 14.6. The summed E-state index contributed by atoms with van der Waals surface area (Å²) in [5, 5.41) is 6.51. The molecule has 1 aromatic heterocycles. The number of fused-ring (bicyclic) bond motifs is 1. The highest BCUT2D eigenvalue weighted by atomic mass is 16.5. The van der Waals surface area contributed by atoms with E-state index in [0.29, 0.717) is 41.8 Å². The van der Waals surface area contributed by atoms with Gasteiger partial charge in [0.05, 0.1) is 30.9 Å². The lowest BCUT2D eigenvalue weighted by atomic mass is 9.85. The Morgan fingerprint density at radius 1 is 1.10 bits per heavy atom. The molecule has 3 N–H and O–H groups in total. The zero-order valence-electron chi connectivity index (χ0n) is 17.1. The second-order valence-electron chi connectivity index (χ2n) is 7.45. The van der Waals surface area contributed by atoms with Gasteiger partial charge in [0.2, 0.25) is 0 Å². The first kappa shape index (κ1) is 18.5. The number of Topliss-reactive ketones (excluding diaryl/α,β-unsaturated/α-hetero) is 1. The molecule has 2 aliphatic heterocycles. The molecule has 3 aromatic rings. The first-order valence-electron chi connectivity index (χ1n) is 9.77. The van der Waals surface area contributed by atoms with Crippen LogP contribution in [0.5, 0.6) is 11.5 Å². The fraction of sp³-hybridized carbons (Fsp3) is 0.273. The zero-order valence-corrected chi connectivity index (χ0v) is 17.1. The Morgan fingerprint density at radius 2 is 1.80 bits per heavy atom. The highest BCUT2D eigenvalue weighted by Gasteiger charge is 2.58. The molecule has 0 atom stereocenters. The van der Waals surface area contributed by atoms with E-state index in [1.165, 1.54) is 0 Å². The Hall–Kier alpha value is -3.52. The number of anilines is 1. The SMILES string of the molecule is CNC1=C(c2nc3ccccc3[nH]2)C(=O)C2(CNC2)N1c1cc(OC)cc(OC)c1. The molecule has 0 unspecified atom stereocenters. The molecule has 1 saturated heterocycles. The van der Waals surface area contributed by atoms with Gasteiger partial charge in [-0.3, -0.25) is 4.79 Å². The van der Waals surface area contributed by atoms with E-state index >= 15 is 0 Å². The van der Waals surface area contributed by atoms with Crippen LogP contribution in [0, 0.1) is 0 Å². The van der Waals surface area contributed by atoms with E-state index in [2.05, 4.69) is 15.6 Å². The summed E-state index contributed by atoms with van der Waals surface area (Å²) in [6, 6.07) is 13.4. The van der Waals surface area contributed by atoms with Crippen molar-refractivity contribution in [1.29, 1.82) is 0 Å². The summed E-state index contributed by atoms with van der Waals surface area (Å²) in [6.07, 6.45) is 0. The molecule has 0 amide bonds. The Labute approximate surface area is 173 Å². The van der Waals surface area contributed by atoms with E-state index in [0.717, 1.165) is 16.7 Å². The Bertz CT molecular complexity index is 1120. The summed E-state index contributed by atoms with van der Waals surface area (Å²) < 4.78 is 10.9. The number of imidazole rings is 1. The second-order valence-corrected chi connectivity index (χ2v) is 7.45. The number of nitrogens with zero attached hydrogens (tertiary/aromatic N) is 2. The van der Waals surface area contributed by atoms with Crippen LogP contribution in [0.2, 0.25) is 0 Å². The number of hydrogen-bond acceptors (Lipinski definition) is 7. The van der Waals surface area contributed by atoms with Crippen molar-refractivity contribution < 1.29 is 14.3 Å². The summed E-state index contributed by atoms with van der Waals surface area (Å²) >= 11 is 0. The van der Waals surface area contributed by atoms with Crippen molar-refractivity contribution in [3.05, 3.63) is 54.1 Å². The van der Waals surface area contributed by atoms with Crippen LogP contribution >= 0.6 is 0 Å². The topological polar surface area (TPSA) is 91.5 Å². The lowest BCUT2D eigenvalue weighted by Gasteiger charge is -2.46. The predicted octanol–water partition coefficient (Wildman–Crippen LogP) is 1.90. The number of carbonyl (C=O) groups is 1. The minimum absolute atomic E-state index is 0.0337. The predicted molar refractivity (Wildman–Crippen MR) is 115 cm³/mol. The number of carbonyl (C=O) groups excluding carboxylic acids is 1. The van der Waals surface area contributed by atoms with Gasteiger partial charge in [-0.05, 0) is 12.1 Å². The Balaban J connectivity index is 1.72. The average molecular weight is 405 g/mol. The fourth-order valence-corrected chi connectivity index (χ4v) is 4.27. The summed E-state index contributed by atoms with van der Waals surface area (Å²) in [6.45, 7) is 1.08. The van der Waals surface area contributed by atoms with Crippen LogP contribution in [0.3, 0.4) is 0 Å². The fourth-order valence-electron chi connectivity index (χ4n) is 4.27. The standard InChI is InChI=1S/C22H23N5O3/c1-23-21-18(20-25-16-6-4-5-7-17(16)26-20)19(28)22(11-24-12-22)27(21)13-8-14(29-2)10-15(9-13)30-3/h4-10,23-24H,11-12H2,1-3H3,(H,25,26). The number of para-hydroxylation sites is 2. The summed E-state index contributed by atoms with van der Waals surface area (Å²) in [7, 11) is 5.05. The Morgan fingerprint density at radius 3 is 2.37 bits per heavy atom. The van der Waals surface area contributed by atoms with Gasteiger partial charge >= 0.3 is 0 Å². The van der Waals surface area contributed by atoms with E-state index < -0.39 is 5.54 Å². The lowest BCUT2D eigenvalue weighted by molar-refractivity contribution is -0.119. The maximum atomic E-state index is 13.7. The van der Waals surface area contributed by atoms with Crippen LogP contribution in [-0.2, 0) is 4.79 Å². The van der Waals surface area contributed by atoms with Crippen LogP contribution in [0.4, 0.5) is 5.69 Å². The molecule has 2 aliphatic rings. The van der Waals surface area contributed by atoms with Gasteiger partial charge in [0, 0.05) is 38.3 Å². The van der Waals surface area contributed by atoms with Crippen LogP contribution in [-0.4, -0.2) is 55.6 Å². The third kappa shape index (κ3) is 2.50. The van der Waals surface area contributed by atoms with Crippen molar-refractivity contribution in [2.45, 2.75) is 5.54 Å². The van der Waals surface area contributed by atoms with Crippen molar-refractivity contribution in [2.75, 3.05) is 39.3 Å². The van der Waals surface area contributed by atoms with Gasteiger partial charge in [-0.2, -0.15) is 0 Å². The number of benzene rings is 2. The van der Waals surface area contributed by atoms with Crippen molar-refractivity contribution >= 4 is 28.1 Å². The molecule has 2 aromatic carbocycles. The number of rotatable bonds is 5. The number of methoxy groups -OCH3 is 2. The molecule has 1 fully saturated rings. The van der Waals surface area contributed by atoms with Crippen LogP contribution in [0.15, 0.2) is 48.3 Å². The van der Waals surface area contributed by atoms with Gasteiger partial charge in [-0.15, -0.1) is 0 Å². The largest absolute Gasteiger partial charge is 0.497 e. The molecule has 1 spiro atoms. The van der Waals surface area contributed by atoms with E-state index in [1.54, 1.807) is 14.2 Å². The van der Waals surface area contributed by atoms with E-state index in [4.69, 9.17) is 14.5 Å². The highest BCUT2D eigenvalue weighted by molar-refractivity contribution is 6.30. The normalized spacial score (nSPS) is 17.6. The highest BCUT2D eigenvalue weighted by Crippen LogP contribution is 2.44. The molecule has 0 saturated carbocycles. The maximum absolute atomic E-state index is 13.7. The van der Waals surface area contributed by atoms with Crippen molar-refractivity contribution in [3.63, 3.8) is 0 Å². The molecule has 8 heteroatoms. The van der Waals surface area contributed by atoms with Gasteiger partial charge in [0.25, 0.3) is 0 Å². The molecule has 154 valence electrons. The minimum Gasteiger partial charge on any atom is -0.497 e. The van der Waals surface area contributed by atoms with Crippen molar-refractivity contribution in [1.82, 2.24) is 20.6 Å². The molecule has 0 bridgehead atoms. The van der Waals surface area contributed by atoms with E-state index in [9.17, 15) is 4.79 Å². The van der Waals surface area contributed by atoms with Gasteiger partial charge < -0.3 is 30.0 Å². The van der Waals surface area contributed by atoms with Gasteiger partial charge in [0.1, 0.15) is 34.3 Å². The maximum Gasteiger partial charge on any atom is 0.198 e. The summed E-state index contributed by atoms with van der Waals surface area (Å²) in [5.74, 6) is 2.62. The monoisotopic (exact) mass is 405 g/mol. The Kier molecular flexibility index (Phi) is 4.18. The number of hydrogen-bond donors (Lipinski definition) is 3. The second kappa shape index (κ2) is 6.77. The van der Waals surface area contributed by atoms with E-state index in [-0.39, 0.29) is 5.78 Å². The molecule has 3 heterocycles. The van der Waals surface area contributed by atoms with Crippen molar-refractivity contribution in [3.8, 4) is 11.5 Å². The number of nitrogens with one attached hydrogen (secondary N) is 3. The number of H-pyrrole nitrogens is 1. The number of aromatic amines is 1. The molecular weight excluding hydrogens is 382 g/mol. The van der Waals surface area contributed by atoms with Crippen molar-refractivity contribution in [2.24, 2.45) is 0 Å². The summed E-state index contributed by atoms with van der Waals surface area (Å²) in [4.78, 5) is 23.8. The molecule has 0 radical (unpaired) electrons. The number of ether oxygens (including phenoxy) is 2. The van der Waals surface area contributed by atoms with E-state index in [1.807, 2.05) is 54.4 Å². The average Bonchev–Trinajstić information content (AvgIpc) is 3.28. The molecule has 0 aliphatic carbocycles. The summed E-state index contributed by atoms with van der Waals surface area (Å²) in [5.41, 5.74) is 2.37. The third-order valence-corrected chi connectivity index (χ3v) is 5.83. The number of aromatic nitrogens is 2.